The first-order chi connectivity index (χ1) is 11.7. The van der Waals surface area contributed by atoms with Crippen LogP contribution in [0.15, 0.2) is 42.6 Å². The number of fused-ring (bicyclic) bond motifs is 1. The first-order valence-corrected chi connectivity index (χ1v) is 8.24. The number of methoxy groups -OCH3 is 1. The van der Waals surface area contributed by atoms with Crippen molar-refractivity contribution in [3.8, 4) is 5.88 Å². The lowest BCUT2D eigenvalue weighted by atomic mass is 10.1. The molecule has 0 spiro atoms. The highest BCUT2D eigenvalue weighted by Gasteiger charge is 2.30. The minimum Gasteiger partial charge on any atom is -0.480 e. The molecule has 2 heterocycles. The van der Waals surface area contributed by atoms with Crippen LogP contribution in [0.1, 0.15) is 29.3 Å². The quantitative estimate of drug-likeness (QED) is 0.870. The van der Waals surface area contributed by atoms with Crippen LogP contribution in [0, 0.1) is 0 Å². The van der Waals surface area contributed by atoms with Crippen molar-refractivity contribution in [1.29, 1.82) is 0 Å². The first kappa shape index (κ1) is 16.3. The van der Waals surface area contributed by atoms with Crippen LogP contribution in [0.25, 0.3) is 0 Å². The third-order valence-electron chi connectivity index (χ3n) is 4.60. The fourth-order valence-electron chi connectivity index (χ4n) is 3.30. The minimum absolute atomic E-state index is 0.0306. The summed E-state index contributed by atoms with van der Waals surface area (Å²) in [5.41, 5.74) is 2.86. The molecule has 0 saturated carbocycles. The van der Waals surface area contributed by atoms with E-state index in [0.717, 1.165) is 18.5 Å². The van der Waals surface area contributed by atoms with Gasteiger partial charge in [0, 0.05) is 38.1 Å². The molecular weight excluding hydrogens is 302 g/mol. The third-order valence-corrected chi connectivity index (χ3v) is 4.60. The van der Waals surface area contributed by atoms with E-state index >= 15 is 0 Å². The van der Waals surface area contributed by atoms with E-state index in [1.54, 1.807) is 25.4 Å². The monoisotopic (exact) mass is 325 g/mol. The number of hydrogen-bond acceptors (Lipinski definition) is 4. The zero-order valence-corrected chi connectivity index (χ0v) is 14.4. The number of ether oxygens (including phenoxy) is 1. The van der Waals surface area contributed by atoms with Gasteiger partial charge in [0.15, 0.2) is 0 Å². The van der Waals surface area contributed by atoms with Crippen LogP contribution < -0.4 is 9.64 Å². The van der Waals surface area contributed by atoms with Gasteiger partial charge in [0.25, 0.3) is 5.91 Å². The number of aromatic nitrogens is 1. The van der Waals surface area contributed by atoms with Crippen LogP contribution in [0.2, 0.25) is 0 Å². The molecular formula is C19H23N3O2. The molecule has 1 amide bonds. The van der Waals surface area contributed by atoms with E-state index in [1.165, 1.54) is 5.69 Å². The van der Waals surface area contributed by atoms with Gasteiger partial charge in [-0.25, -0.2) is 4.98 Å². The number of amides is 1. The molecule has 0 saturated heterocycles. The summed E-state index contributed by atoms with van der Waals surface area (Å²) in [4.78, 5) is 21.6. The highest BCUT2D eigenvalue weighted by molar-refractivity contribution is 5.96. The topological polar surface area (TPSA) is 45.7 Å². The van der Waals surface area contributed by atoms with Crippen LogP contribution in [-0.4, -0.2) is 42.5 Å². The number of anilines is 1. The highest BCUT2D eigenvalue weighted by Crippen LogP contribution is 2.29. The van der Waals surface area contributed by atoms with E-state index < -0.39 is 0 Å². The summed E-state index contributed by atoms with van der Waals surface area (Å²) >= 11 is 0. The van der Waals surface area contributed by atoms with Gasteiger partial charge in [-0.2, -0.15) is 0 Å². The molecule has 5 heteroatoms. The number of pyridine rings is 1. The van der Waals surface area contributed by atoms with Crippen molar-refractivity contribution in [1.82, 2.24) is 9.88 Å². The lowest BCUT2D eigenvalue weighted by Gasteiger charge is -2.31. The Kier molecular flexibility index (Phi) is 4.69. The van der Waals surface area contributed by atoms with Crippen molar-refractivity contribution >= 4 is 11.6 Å². The Morgan fingerprint density at radius 3 is 2.83 bits per heavy atom. The number of carbonyl (C=O) groups excluding carboxylic acids is 1. The van der Waals surface area contributed by atoms with E-state index in [0.29, 0.717) is 18.0 Å². The molecule has 3 rings (SSSR count). The molecule has 1 aliphatic heterocycles. The number of likely N-dealkylation sites (N-methyl/N-ethyl adjacent to an activating group) is 1. The maximum Gasteiger partial charge on any atom is 0.259 e. The number of nitrogens with zero attached hydrogens (tertiary/aromatic N) is 3. The summed E-state index contributed by atoms with van der Waals surface area (Å²) < 4.78 is 5.28. The van der Waals surface area contributed by atoms with Gasteiger partial charge in [0.05, 0.1) is 7.11 Å². The van der Waals surface area contributed by atoms with Gasteiger partial charge in [-0.3, -0.25) is 4.79 Å². The summed E-state index contributed by atoms with van der Waals surface area (Å²) in [5, 5.41) is 0. The fourth-order valence-corrected chi connectivity index (χ4v) is 3.30. The summed E-state index contributed by atoms with van der Waals surface area (Å²) in [6.45, 7) is 3.52. The molecule has 5 nitrogen and oxygen atoms in total. The van der Waals surface area contributed by atoms with Gasteiger partial charge in [-0.15, -0.1) is 0 Å². The van der Waals surface area contributed by atoms with Crippen molar-refractivity contribution in [3.63, 3.8) is 0 Å². The van der Waals surface area contributed by atoms with Crippen LogP contribution in [0.4, 0.5) is 5.69 Å². The average molecular weight is 325 g/mol. The molecule has 0 aliphatic carbocycles. The summed E-state index contributed by atoms with van der Waals surface area (Å²) in [7, 11) is 3.63. The Balaban J connectivity index is 2.00. The zero-order chi connectivity index (χ0) is 17.1. The van der Waals surface area contributed by atoms with Gasteiger partial charge < -0.3 is 14.5 Å². The van der Waals surface area contributed by atoms with E-state index in [-0.39, 0.29) is 11.9 Å². The predicted molar refractivity (Wildman–Crippen MR) is 94.5 cm³/mol. The van der Waals surface area contributed by atoms with Crippen LogP contribution >= 0.6 is 0 Å². The van der Waals surface area contributed by atoms with Gasteiger partial charge in [0.2, 0.25) is 5.88 Å². The second-order valence-electron chi connectivity index (χ2n) is 6.06. The molecule has 24 heavy (non-hydrogen) atoms. The number of hydrogen-bond donors (Lipinski definition) is 0. The van der Waals surface area contributed by atoms with Crippen molar-refractivity contribution in [2.75, 3.05) is 25.6 Å². The Labute approximate surface area is 142 Å². The number of benzene rings is 1. The van der Waals surface area contributed by atoms with Gasteiger partial charge in [-0.1, -0.05) is 25.1 Å². The number of carbonyl (C=O) groups is 1. The Bertz CT molecular complexity index is 732. The van der Waals surface area contributed by atoms with E-state index in [2.05, 4.69) is 36.0 Å². The maximum atomic E-state index is 13.2. The van der Waals surface area contributed by atoms with Crippen molar-refractivity contribution < 1.29 is 9.53 Å². The molecule has 126 valence electrons. The standard InChI is InChI=1S/C19H23N3O2/c1-4-15-13-21(2)17-10-6-5-8-14(17)12-22(15)19(23)16-9-7-11-20-18(16)24-3/h5-11,15H,4,12-13H2,1-3H3. The lowest BCUT2D eigenvalue weighted by molar-refractivity contribution is 0.0663. The smallest absolute Gasteiger partial charge is 0.259 e. The van der Waals surface area contributed by atoms with E-state index in [4.69, 9.17) is 4.74 Å². The maximum absolute atomic E-state index is 13.2. The lowest BCUT2D eigenvalue weighted by Crippen LogP contribution is -2.43. The minimum atomic E-state index is -0.0306. The molecule has 0 bridgehead atoms. The van der Waals surface area contributed by atoms with Gasteiger partial charge in [-0.05, 0) is 30.2 Å². The van der Waals surface area contributed by atoms with Crippen molar-refractivity contribution in [2.24, 2.45) is 0 Å². The van der Waals surface area contributed by atoms with E-state index in [9.17, 15) is 4.79 Å². The van der Waals surface area contributed by atoms with Crippen molar-refractivity contribution in [2.45, 2.75) is 25.9 Å². The highest BCUT2D eigenvalue weighted by atomic mass is 16.5. The largest absolute Gasteiger partial charge is 0.480 e. The third kappa shape index (κ3) is 2.94. The van der Waals surface area contributed by atoms with Gasteiger partial charge in [0.1, 0.15) is 5.56 Å². The Morgan fingerprint density at radius 2 is 2.08 bits per heavy atom. The Hall–Kier alpha value is -2.56. The number of para-hydroxylation sites is 1. The Morgan fingerprint density at radius 1 is 1.29 bits per heavy atom. The second-order valence-corrected chi connectivity index (χ2v) is 6.06. The summed E-state index contributed by atoms with van der Waals surface area (Å²) in [5.74, 6) is 0.347. The fraction of sp³-hybridized carbons (Fsp3) is 0.368. The predicted octanol–water partition coefficient (Wildman–Crippen LogP) is 2.96. The molecule has 0 radical (unpaired) electrons. The summed E-state index contributed by atoms with van der Waals surface area (Å²) in [6.07, 6.45) is 2.53. The molecule has 2 aromatic rings. The van der Waals surface area contributed by atoms with Crippen molar-refractivity contribution in [3.05, 3.63) is 53.7 Å². The van der Waals surface area contributed by atoms with E-state index in [1.807, 2.05) is 17.0 Å². The van der Waals surface area contributed by atoms with Crippen LogP contribution in [-0.2, 0) is 6.54 Å². The molecule has 0 N–H and O–H groups in total. The molecule has 1 aliphatic rings. The molecule has 1 aromatic heterocycles. The zero-order valence-electron chi connectivity index (χ0n) is 14.4. The molecule has 1 atom stereocenters. The summed E-state index contributed by atoms with van der Waals surface area (Å²) in [6, 6.07) is 11.9. The molecule has 1 unspecified atom stereocenters. The van der Waals surface area contributed by atoms with Crippen LogP contribution in [0.3, 0.4) is 0 Å². The number of rotatable bonds is 3. The average Bonchev–Trinajstić information content (AvgIpc) is 2.77. The first-order valence-electron chi connectivity index (χ1n) is 8.24. The molecule has 0 fully saturated rings. The van der Waals surface area contributed by atoms with Crippen LogP contribution in [0.5, 0.6) is 5.88 Å². The second kappa shape index (κ2) is 6.91. The normalized spacial score (nSPS) is 17.2. The SMILES string of the molecule is CCC1CN(C)c2ccccc2CN1C(=O)c1cccnc1OC. The molecule has 1 aromatic carbocycles. The van der Waals surface area contributed by atoms with Gasteiger partial charge >= 0.3 is 0 Å².